The number of nitrogen functional groups attached to an aromatic ring is 1. The van der Waals surface area contributed by atoms with Crippen molar-refractivity contribution in [3.05, 3.63) is 48.0 Å². The minimum absolute atomic E-state index is 0.287. The van der Waals surface area contributed by atoms with Crippen molar-refractivity contribution >= 4 is 17.4 Å². The lowest BCUT2D eigenvalue weighted by Crippen LogP contribution is -1.92. The van der Waals surface area contributed by atoms with E-state index in [2.05, 4.69) is 19.1 Å². The van der Waals surface area contributed by atoms with E-state index in [1.165, 1.54) is 5.56 Å². The molecule has 0 spiro atoms. The summed E-state index contributed by atoms with van der Waals surface area (Å²) in [6, 6.07) is 13.3. The van der Waals surface area contributed by atoms with Gasteiger partial charge < -0.3 is 10.8 Å². The summed E-state index contributed by atoms with van der Waals surface area (Å²) in [5.74, 6) is 0.287. The van der Waals surface area contributed by atoms with Gasteiger partial charge in [-0.25, -0.2) is 0 Å². The predicted octanol–water partition coefficient (Wildman–Crippen LogP) is 3.69. The Labute approximate surface area is 105 Å². The smallest absolute Gasteiger partial charge is 0.115 e. The fraction of sp³-hybridized carbons (Fsp3) is 0.143. The number of anilines is 1. The van der Waals surface area contributed by atoms with Crippen LogP contribution in [-0.2, 0) is 6.42 Å². The van der Waals surface area contributed by atoms with Gasteiger partial charge in [0.2, 0.25) is 0 Å². The summed E-state index contributed by atoms with van der Waals surface area (Å²) in [4.78, 5) is 2.21. The average Bonchev–Trinajstić information content (AvgIpc) is 2.32. The van der Waals surface area contributed by atoms with E-state index in [0.29, 0.717) is 0 Å². The molecule has 0 heterocycles. The zero-order valence-electron chi connectivity index (χ0n) is 9.68. The molecule has 3 N–H and O–H groups in total. The number of phenols is 1. The molecule has 2 rings (SSSR count). The summed E-state index contributed by atoms with van der Waals surface area (Å²) in [6.45, 7) is 2.10. The highest BCUT2D eigenvalue weighted by Crippen LogP contribution is 2.30. The fourth-order valence-electron chi connectivity index (χ4n) is 1.61. The molecule has 0 atom stereocenters. The first kappa shape index (κ1) is 11.9. The maximum atomic E-state index is 9.21. The van der Waals surface area contributed by atoms with Gasteiger partial charge in [-0.2, -0.15) is 0 Å². The molecule has 0 aromatic heterocycles. The first-order chi connectivity index (χ1) is 8.19. The summed E-state index contributed by atoms with van der Waals surface area (Å²) in [5, 5.41) is 9.21. The molecule has 17 heavy (non-hydrogen) atoms. The van der Waals surface area contributed by atoms with Crippen molar-refractivity contribution in [3.63, 3.8) is 0 Å². The molecular formula is C14H15NOS. The fourth-order valence-corrected chi connectivity index (χ4v) is 2.48. The Morgan fingerprint density at radius 2 is 1.71 bits per heavy atom. The van der Waals surface area contributed by atoms with Gasteiger partial charge in [0.15, 0.2) is 0 Å². The first-order valence-electron chi connectivity index (χ1n) is 5.54. The summed E-state index contributed by atoms with van der Waals surface area (Å²) >= 11 is 1.64. The van der Waals surface area contributed by atoms with Crippen molar-refractivity contribution in [2.24, 2.45) is 0 Å². The average molecular weight is 245 g/mol. The van der Waals surface area contributed by atoms with Crippen molar-refractivity contribution < 1.29 is 5.11 Å². The molecule has 0 fully saturated rings. The van der Waals surface area contributed by atoms with E-state index in [-0.39, 0.29) is 5.75 Å². The van der Waals surface area contributed by atoms with E-state index in [0.717, 1.165) is 21.9 Å². The van der Waals surface area contributed by atoms with Crippen LogP contribution in [0.1, 0.15) is 12.5 Å². The topological polar surface area (TPSA) is 46.2 Å². The van der Waals surface area contributed by atoms with Crippen LogP contribution in [0.2, 0.25) is 0 Å². The second kappa shape index (κ2) is 5.15. The Morgan fingerprint density at radius 1 is 1.06 bits per heavy atom. The van der Waals surface area contributed by atoms with Crippen LogP contribution in [0.5, 0.6) is 5.75 Å². The van der Waals surface area contributed by atoms with E-state index in [1.807, 2.05) is 18.2 Å². The SMILES string of the molecule is CCc1ccc(Sc2ccc(O)cc2)cc1N. The van der Waals surface area contributed by atoms with Gasteiger partial charge >= 0.3 is 0 Å². The Bertz CT molecular complexity index is 508. The number of phenolic OH excluding ortho intramolecular Hbond substituents is 1. The Morgan fingerprint density at radius 3 is 2.29 bits per heavy atom. The predicted molar refractivity (Wildman–Crippen MR) is 72.5 cm³/mol. The number of hydrogen-bond acceptors (Lipinski definition) is 3. The molecule has 3 heteroatoms. The molecule has 0 saturated heterocycles. The van der Waals surface area contributed by atoms with Gasteiger partial charge in [0.1, 0.15) is 5.75 Å². The lowest BCUT2D eigenvalue weighted by atomic mass is 10.1. The van der Waals surface area contributed by atoms with Crippen LogP contribution in [0.25, 0.3) is 0 Å². The molecule has 0 amide bonds. The molecule has 0 bridgehead atoms. The largest absolute Gasteiger partial charge is 0.508 e. The van der Waals surface area contributed by atoms with Crippen molar-refractivity contribution in [2.45, 2.75) is 23.1 Å². The molecule has 2 nitrogen and oxygen atoms in total. The van der Waals surface area contributed by atoms with Crippen LogP contribution in [0.4, 0.5) is 5.69 Å². The number of aryl methyl sites for hydroxylation is 1. The molecule has 0 unspecified atom stereocenters. The third-order valence-electron chi connectivity index (χ3n) is 2.57. The highest BCUT2D eigenvalue weighted by Gasteiger charge is 2.01. The molecule has 0 saturated carbocycles. The number of rotatable bonds is 3. The van der Waals surface area contributed by atoms with E-state index in [1.54, 1.807) is 23.9 Å². The van der Waals surface area contributed by atoms with E-state index < -0.39 is 0 Å². The van der Waals surface area contributed by atoms with Gasteiger partial charge in [-0.1, -0.05) is 24.8 Å². The number of nitrogens with two attached hydrogens (primary N) is 1. The second-order valence-electron chi connectivity index (χ2n) is 3.81. The van der Waals surface area contributed by atoms with Gasteiger partial charge in [-0.15, -0.1) is 0 Å². The summed E-state index contributed by atoms with van der Waals surface area (Å²) < 4.78 is 0. The van der Waals surface area contributed by atoms with Crippen LogP contribution in [0.15, 0.2) is 52.3 Å². The van der Waals surface area contributed by atoms with Crippen molar-refractivity contribution in [1.82, 2.24) is 0 Å². The maximum Gasteiger partial charge on any atom is 0.115 e. The Balaban J connectivity index is 2.19. The van der Waals surface area contributed by atoms with Crippen molar-refractivity contribution in [1.29, 1.82) is 0 Å². The highest BCUT2D eigenvalue weighted by molar-refractivity contribution is 7.99. The number of aromatic hydroxyl groups is 1. The van der Waals surface area contributed by atoms with Gasteiger partial charge in [0, 0.05) is 15.5 Å². The molecule has 0 aliphatic heterocycles. The monoisotopic (exact) mass is 245 g/mol. The lowest BCUT2D eigenvalue weighted by molar-refractivity contribution is 0.475. The van der Waals surface area contributed by atoms with Crippen LogP contribution in [-0.4, -0.2) is 5.11 Å². The van der Waals surface area contributed by atoms with Gasteiger partial charge in [0.05, 0.1) is 0 Å². The standard InChI is InChI=1S/C14H15NOS/c1-2-10-3-6-13(9-14(10)15)17-12-7-4-11(16)5-8-12/h3-9,16H,2,15H2,1H3. The normalized spacial score (nSPS) is 10.4. The van der Waals surface area contributed by atoms with Crippen molar-refractivity contribution in [3.8, 4) is 5.75 Å². The Hall–Kier alpha value is -1.61. The summed E-state index contributed by atoms with van der Waals surface area (Å²) in [5.41, 5.74) is 7.98. The van der Waals surface area contributed by atoms with E-state index in [4.69, 9.17) is 5.73 Å². The molecule has 88 valence electrons. The summed E-state index contributed by atoms with van der Waals surface area (Å²) in [6.07, 6.45) is 0.954. The molecular weight excluding hydrogens is 230 g/mol. The quantitative estimate of drug-likeness (QED) is 0.811. The molecule has 0 aliphatic rings. The third kappa shape index (κ3) is 2.94. The van der Waals surface area contributed by atoms with E-state index >= 15 is 0 Å². The molecule has 2 aromatic rings. The first-order valence-corrected chi connectivity index (χ1v) is 6.36. The van der Waals surface area contributed by atoms with Crippen LogP contribution in [0.3, 0.4) is 0 Å². The van der Waals surface area contributed by atoms with E-state index in [9.17, 15) is 5.11 Å². The lowest BCUT2D eigenvalue weighted by Gasteiger charge is -2.06. The maximum absolute atomic E-state index is 9.21. The minimum atomic E-state index is 0.287. The van der Waals surface area contributed by atoms with Crippen molar-refractivity contribution in [2.75, 3.05) is 5.73 Å². The Kier molecular flexibility index (Phi) is 3.59. The van der Waals surface area contributed by atoms with Crippen LogP contribution >= 0.6 is 11.8 Å². The zero-order chi connectivity index (χ0) is 12.3. The molecule has 2 aromatic carbocycles. The van der Waals surface area contributed by atoms with Crippen LogP contribution in [0, 0.1) is 0 Å². The number of hydrogen-bond donors (Lipinski definition) is 2. The number of benzene rings is 2. The molecule has 0 radical (unpaired) electrons. The minimum Gasteiger partial charge on any atom is -0.508 e. The van der Waals surface area contributed by atoms with Gasteiger partial charge in [-0.3, -0.25) is 0 Å². The van der Waals surface area contributed by atoms with Crippen LogP contribution < -0.4 is 5.73 Å². The van der Waals surface area contributed by atoms with Gasteiger partial charge in [-0.05, 0) is 48.4 Å². The zero-order valence-corrected chi connectivity index (χ0v) is 10.5. The molecule has 0 aliphatic carbocycles. The summed E-state index contributed by atoms with van der Waals surface area (Å²) in [7, 11) is 0. The third-order valence-corrected chi connectivity index (χ3v) is 3.57. The highest BCUT2D eigenvalue weighted by atomic mass is 32.2. The van der Waals surface area contributed by atoms with Gasteiger partial charge in [0.25, 0.3) is 0 Å². The second-order valence-corrected chi connectivity index (χ2v) is 4.96.